The molecular weight excluding hydrogens is 934 g/mol. The minimum atomic E-state index is -0.877. The second-order valence-corrected chi connectivity index (χ2v) is 20.9. The fourth-order valence-electron chi connectivity index (χ4n) is 6.94. The molecule has 0 unspecified atom stereocenters. The molecule has 0 N–H and O–H groups in total. The van der Waals surface area contributed by atoms with Gasteiger partial charge in [0.2, 0.25) is 0 Å². The van der Waals surface area contributed by atoms with Gasteiger partial charge in [-0.05, 0) is 109 Å². The van der Waals surface area contributed by atoms with E-state index in [2.05, 4.69) is 273 Å². The Balaban J connectivity index is 0.000000145. The van der Waals surface area contributed by atoms with E-state index in [0.29, 0.717) is 0 Å². The largest absolute Gasteiger partial charge is 0.102 e. The first-order chi connectivity index (χ1) is 28.3. The van der Waals surface area contributed by atoms with Gasteiger partial charge in [-0.2, -0.15) is 0 Å². The minimum Gasteiger partial charge on any atom is -0.0620 e. The Morgan fingerprint density at radius 1 is 0.138 bits per heavy atom. The van der Waals surface area contributed by atoms with E-state index in [0.717, 1.165) is 0 Å². The fraction of sp³-hybridized carbons (Fsp3) is 0. The second-order valence-electron chi connectivity index (χ2n) is 13.4. The summed E-state index contributed by atoms with van der Waals surface area (Å²) in [6.07, 6.45) is 0. The topological polar surface area (TPSA) is 0 Å². The van der Waals surface area contributed by atoms with Crippen LogP contribution in [0.5, 0.6) is 0 Å². The number of rotatable bonds is 9. The molecule has 1 radical (unpaired) electrons. The van der Waals surface area contributed by atoms with Crippen LogP contribution in [-0.2, 0) is 20.1 Å². The molecule has 0 saturated carbocycles. The summed E-state index contributed by atoms with van der Waals surface area (Å²) < 4.78 is 0. The van der Waals surface area contributed by atoms with Gasteiger partial charge in [-0.1, -0.05) is 164 Å². The van der Waals surface area contributed by atoms with Crippen LogP contribution in [0.3, 0.4) is 0 Å². The van der Waals surface area contributed by atoms with Crippen LogP contribution >= 0.6 is 23.8 Å². The average Bonchev–Trinajstić information content (AvgIpc) is 3.30. The Labute approximate surface area is 362 Å². The molecule has 0 aliphatic heterocycles. The van der Waals surface area contributed by atoms with Crippen molar-refractivity contribution in [2.45, 2.75) is 0 Å². The third kappa shape index (κ3) is 12.0. The molecule has 9 aromatic carbocycles. The second kappa shape index (κ2) is 23.4. The van der Waals surface area contributed by atoms with E-state index in [1.54, 1.807) is 0 Å². The molecule has 0 bridgehead atoms. The third-order valence-corrected chi connectivity index (χ3v) is 17.8. The average molecular weight is 982 g/mol. The Bertz CT molecular complexity index is 1860. The molecule has 0 atom stereocenters. The van der Waals surface area contributed by atoms with Crippen molar-refractivity contribution >= 4 is 71.5 Å². The van der Waals surface area contributed by atoms with E-state index >= 15 is 0 Å². The van der Waals surface area contributed by atoms with E-state index in [9.17, 15) is 0 Å². The summed E-state index contributed by atoms with van der Waals surface area (Å²) in [6.45, 7) is 0. The first-order valence-electron chi connectivity index (χ1n) is 19.4. The van der Waals surface area contributed by atoms with Crippen molar-refractivity contribution in [1.29, 1.82) is 0 Å². The smallest absolute Gasteiger partial charge is 0.0620 e. The maximum Gasteiger partial charge on any atom is 0.102 e. The van der Waals surface area contributed by atoms with Gasteiger partial charge in [-0.3, -0.25) is 0 Å². The molecule has 0 aliphatic carbocycles. The summed E-state index contributed by atoms with van der Waals surface area (Å²) >= 11 is 0. The minimum absolute atomic E-state index is 0. The Morgan fingerprint density at radius 2 is 0.224 bits per heavy atom. The first kappa shape index (κ1) is 42.5. The molecule has 0 nitrogen and oxygen atoms in total. The van der Waals surface area contributed by atoms with E-state index in [1.165, 1.54) is 47.7 Å². The van der Waals surface area contributed by atoms with Crippen LogP contribution in [0.4, 0.5) is 0 Å². The first-order valence-corrected chi connectivity index (χ1v) is 23.9. The molecule has 9 rings (SSSR count). The number of hydrogen-bond acceptors (Lipinski definition) is 0. The van der Waals surface area contributed by atoms with E-state index in [4.69, 9.17) is 0 Å². The van der Waals surface area contributed by atoms with Crippen molar-refractivity contribution in [1.82, 2.24) is 0 Å². The summed E-state index contributed by atoms with van der Waals surface area (Å²) in [6, 6.07) is 97.5. The van der Waals surface area contributed by atoms with Gasteiger partial charge in [-0.15, -0.1) is 0 Å². The maximum atomic E-state index is 2.24. The van der Waals surface area contributed by atoms with Gasteiger partial charge in [0.1, 0.15) is 47.7 Å². The Kier molecular flexibility index (Phi) is 17.1. The summed E-state index contributed by atoms with van der Waals surface area (Å²) in [5.74, 6) is 0. The molecular formula is C54H48IrP3+3. The van der Waals surface area contributed by atoms with Crippen molar-refractivity contribution < 1.29 is 20.1 Å². The Morgan fingerprint density at radius 3 is 0.310 bits per heavy atom. The molecule has 0 saturated heterocycles. The molecule has 285 valence electrons. The summed E-state index contributed by atoms with van der Waals surface area (Å²) in [5.41, 5.74) is 0. The summed E-state index contributed by atoms with van der Waals surface area (Å²) in [7, 11) is -2.63. The van der Waals surface area contributed by atoms with E-state index < -0.39 is 23.8 Å². The predicted octanol–water partition coefficient (Wildman–Crippen LogP) is 9.53. The van der Waals surface area contributed by atoms with Gasteiger partial charge in [0, 0.05) is 20.1 Å². The fourth-order valence-corrected chi connectivity index (χ4v) is 14.7. The van der Waals surface area contributed by atoms with Gasteiger partial charge in [0.15, 0.2) is 0 Å². The molecule has 9 aromatic rings. The predicted molar refractivity (Wildman–Crippen MR) is 260 cm³/mol. The summed E-state index contributed by atoms with van der Waals surface area (Å²) in [5, 5.41) is 12.9. The normalized spacial score (nSPS) is 10.4. The zero-order chi connectivity index (χ0) is 38.7. The quantitative estimate of drug-likeness (QED) is 0.127. The molecule has 0 amide bonds. The molecule has 0 aliphatic rings. The molecule has 0 spiro atoms. The molecule has 0 aromatic heterocycles. The van der Waals surface area contributed by atoms with Crippen molar-refractivity contribution in [2.24, 2.45) is 0 Å². The standard InChI is InChI=1S/3C18H15P.Ir/c3*1-4-10-16(11-5-1)19(17-12-6-2-7-13-17)18-14-8-3-9-15-18;/h3*1-15H;/p+3. The van der Waals surface area contributed by atoms with Crippen molar-refractivity contribution in [3.05, 3.63) is 273 Å². The zero-order valence-electron chi connectivity index (χ0n) is 32.3. The molecule has 4 heteroatoms. The van der Waals surface area contributed by atoms with Gasteiger partial charge < -0.3 is 0 Å². The molecule has 0 heterocycles. The van der Waals surface area contributed by atoms with Gasteiger partial charge in [0.05, 0.1) is 23.8 Å². The van der Waals surface area contributed by atoms with Gasteiger partial charge >= 0.3 is 0 Å². The van der Waals surface area contributed by atoms with E-state index in [-0.39, 0.29) is 20.1 Å². The van der Waals surface area contributed by atoms with Crippen LogP contribution in [0, 0.1) is 0 Å². The number of benzene rings is 9. The van der Waals surface area contributed by atoms with Crippen LogP contribution in [0.15, 0.2) is 273 Å². The number of hydrogen-bond donors (Lipinski definition) is 0. The summed E-state index contributed by atoms with van der Waals surface area (Å²) in [4.78, 5) is 0. The monoisotopic (exact) mass is 982 g/mol. The van der Waals surface area contributed by atoms with Gasteiger partial charge in [0.25, 0.3) is 0 Å². The van der Waals surface area contributed by atoms with Crippen LogP contribution in [0.1, 0.15) is 0 Å². The van der Waals surface area contributed by atoms with Crippen molar-refractivity contribution in [2.75, 3.05) is 0 Å². The Hall–Kier alpha value is -5.08. The zero-order valence-corrected chi connectivity index (χ0v) is 37.7. The van der Waals surface area contributed by atoms with Crippen molar-refractivity contribution in [3.63, 3.8) is 0 Å². The van der Waals surface area contributed by atoms with Crippen LogP contribution in [-0.4, -0.2) is 0 Å². The molecule has 0 fully saturated rings. The SMILES string of the molecule is [Ir].c1ccc([PH+](c2ccccc2)c2ccccc2)cc1.c1ccc([PH+](c2ccccc2)c2ccccc2)cc1.c1ccc([PH+](c2ccccc2)c2ccccc2)cc1. The molecule has 58 heavy (non-hydrogen) atoms. The van der Waals surface area contributed by atoms with Crippen LogP contribution < -0.4 is 47.7 Å². The van der Waals surface area contributed by atoms with Crippen LogP contribution in [0.2, 0.25) is 0 Å². The van der Waals surface area contributed by atoms with Gasteiger partial charge in [-0.25, -0.2) is 0 Å². The maximum absolute atomic E-state index is 2.24. The van der Waals surface area contributed by atoms with E-state index in [1.807, 2.05) is 0 Å². The van der Waals surface area contributed by atoms with Crippen molar-refractivity contribution in [3.8, 4) is 0 Å². The van der Waals surface area contributed by atoms with Crippen LogP contribution in [0.25, 0.3) is 0 Å². The third-order valence-electron chi connectivity index (χ3n) is 9.56.